The lowest BCUT2D eigenvalue weighted by Crippen LogP contribution is -2.62. The van der Waals surface area contributed by atoms with Gasteiger partial charge in [-0.1, -0.05) is 102 Å². The van der Waals surface area contributed by atoms with Crippen LogP contribution in [0.3, 0.4) is 0 Å². The van der Waals surface area contributed by atoms with Crippen LogP contribution in [0.1, 0.15) is 85.4 Å². The molecule has 0 aromatic heterocycles. The Kier molecular flexibility index (Phi) is 14.5. The van der Waals surface area contributed by atoms with Gasteiger partial charge in [0.2, 0.25) is 23.6 Å². The number of thioether (sulfide) groups is 1. The topological polar surface area (TPSA) is 157 Å². The van der Waals surface area contributed by atoms with E-state index in [1.807, 2.05) is 65.0 Å². The molecule has 0 radical (unpaired) electrons. The van der Waals surface area contributed by atoms with Crippen LogP contribution in [0.5, 0.6) is 0 Å². The Morgan fingerprint density at radius 3 is 2.08 bits per heavy atom. The molecule has 11 nitrogen and oxygen atoms in total. The van der Waals surface area contributed by atoms with Crippen LogP contribution in [0, 0.1) is 11.3 Å². The maximum atomic E-state index is 14.2. The monoisotopic (exact) mass is 709 g/mol. The molecule has 0 saturated carbocycles. The van der Waals surface area contributed by atoms with Gasteiger partial charge in [0.25, 0.3) is 5.91 Å². The second kappa shape index (κ2) is 17.8. The van der Waals surface area contributed by atoms with Crippen LogP contribution >= 0.6 is 11.8 Å². The molecule has 2 aromatic carbocycles. The number of aliphatic hydroxyl groups excluding tert-OH is 1. The van der Waals surface area contributed by atoms with E-state index >= 15 is 0 Å². The molecule has 5 N–H and O–H groups in total. The number of rotatable bonds is 15. The first-order valence-corrected chi connectivity index (χ1v) is 18.3. The minimum absolute atomic E-state index is 0.110. The molecule has 50 heavy (non-hydrogen) atoms. The maximum absolute atomic E-state index is 14.2. The van der Waals surface area contributed by atoms with Crippen LogP contribution in [0.4, 0.5) is 0 Å². The fourth-order valence-electron chi connectivity index (χ4n) is 5.84. The van der Waals surface area contributed by atoms with Gasteiger partial charge in [-0.25, -0.2) is 0 Å². The van der Waals surface area contributed by atoms with Crippen LogP contribution in [0.15, 0.2) is 60.7 Å². The molecule has 1 fully saturated rings. The van der Waals surface area contributed by atoms with Crippen molar-refractivity contribution in [3.8, 4) is 0 Å². The quantitative estimate of drug-likeness (QED) is 0.189. The lowest BCUT2D eigenvalue weighted by Gasteiger charge is -2.35. The van der Waals surface area contributed by atoms with Gasteiger partial charge in [-0.2, -0.15) is 0 Å². The summed E-state index contributed by atoms with van der Waals surface area (Å²) in [7, 11) is 0. The summed E-state index contributed by atoms with van der Waals surface area (Å²) < 4.78 is -0.613. The van der Waals surface area contributed by atoms with Gasteiger partial charge < -0.3 is 31.3 Å². The third-order valence-electron chi connectivity index (χ3n) is 8.61. The van der Waals surface area contributed by atoms with Crippen molar-refractivity contribution >= 4 is 41.3 Å². The van der Waals surface area contributed by atoms with Gasteiger partial charge in [0.15, 0.2) is 6.10 Å². The zero-order chi connectivity index (χ0) is 37.2. The molecule has 1 aliphatic rings. The first-order valence-electron chi connectivity index (χ1n) is 17.4. The van der Waals surface area contributed by atoms with Crippen LogP contribution in [0.2, 0.25) is 0 Å². The Morgan fingerprint density at radius 2 is 1.52 bits per heavy atom. The maximum Gasteiger partial charge on any atom is 0.254 e. The largest absolute Gasteiger partial charge is 0.381 e. The van der Waals surface area contributed by atoms with E-state index in [4.69, 9.17) is 0 Å². The highest BCUT2D eigenvalue weighted by Gasteiger charge is 2.50. The number of carbonyl (C=O) groups is 5. The van der Waals surface area contributed by atoms with Crippen molar-refractivity contribution in [2.24, 2.45) is 11.3 Å². The smallest absolute Gasteiger partial charge is 0.254 e. The van der Waals surface area contributed by atoms with Crippen molar-refractivity contribution in [1.82, 2.24) is 26.2 Å². The zero-order valence-electron chi connectivity index (χ0n) is 30.6. The van der Waals surface area contributed by atoms with Gasteiger partial charge >= 0.3 is 0 Å². The Balaban J connectivity index is 1.91. The van der Waals surface area contributed by atoms with E-state index in [0.29, 0.717) is 18.5 Å². The summed E-state index contributed by atoms with van der Waals surface area (Å²) in [6.45, 7) is 15.4. The van der Waals surface area contributed by atoms with E-state index in [2.05, 4.69) is 21.3 Å². The summed E-state index contributed by atoms with van der Waals surface area (Å²) in [5.41, 5.74) is 0.519. The lowest BCUT2D eigenvalue weighted by molar-refractivity contribution is -0.148. The summed E-state index contributed by atoms with van der Waals surface area (Å²) in [4.78, 5) is 69.5. The van der Waals surface area contributed by atoms with E-state index in [9.17, 15) is 29.1 Å². The summed E-state index contributed by atoms with van der Waals surface area (Å²) >= 11 is 1.45. The minimum atomic E-state index is -1.70. The van der Waals surface area contributed by atoms with Crippen molar-refractivity contribution in [2.45, 2.75) is 110 Å². The molecule has 5 atom stereocenters. The molecule has 0 unspecified atom stereocenters. The number of benzene rings is 2. The predicted octanol–water partition coefficient (Wildman–Crippen LogP) is 3.72. The number of aliphatic hydroxyl groups is 1. The highest BCUT2D eigenvalue weighted by atomic mass is 32.2. The molecule has 1 aliphatic heterocycles. The molecule has 1 heterocycles. The minimum Gasteiger partial charge on any atom is -0.381 e. The highest BCUT2D eigenvalue weighted by Crippen LogP contribution is 2.40. The van der Waals surface area contributed by atoms with Crippen molar-refractivity contribution in [3.63, 3.8) is 0 Å². The lowest BCUT2D eigenvalue weighted by atomic mass is 9.85. The summed E-state index contributed by atoms with van der Waals surface area (Å²) in [6, 6.07) is 13.9. The molecule has 274 valence electrons. The van der Waals surface area contributed by atoms with Crippen LogP contribution < -0.4 is 21.3 Å². The fourth-order valence-corrected chi connectivity index (χ4v) is 6.98. The van der Waals surface area contributed by atoms with Crippen LogP contribution in [0.25, 0.3) is 0 Å². The second-order valence-electron chi connectivity index (χ2n) is 14.9. The third-order valence-corrected chi connectivity index (χ3v) is 9.99. The van der Waals surface area contributed by atoms with Gasteiger partial charge in [0.05, 0.1) is 11.9 Å². The molecule has 5 amide bonds. The normalized spacial score (nSPS) is 18.0. The van der Waals surface area contributed by atoms with Crippen molar-refractivity contribution < 1.29 is 29.1 Å². The molecule has 12 heteroatoms. The third kappa shape index (κ3) is 11.1. The number of hydrogen-bond acceptors (Lipinski definition) is 7. The van der Waals surface area contributed by atoms with Crippen LogP contribution in [-0.4, -0.2) is 80.9 Å². The fraction of sp³-hybridized carbons (Fsp3) is 0.553. The van der Waals surface area contributed by atoms with E-state index in [-0.39, 0.29) is 36.5 Å². The first-order chi connectivity index (χ1) is 23.5. The van der Waals surface area contributed by atoms with E-state index < -0.39 is 58.2 Å². The predicted molar refractivity (Wildman–Crippen MR) is 197 cm³/mol. The molecule has 2 aromatic rings. The molecule has 1 saturated heterocycles. The number of amides is 5. The Morgan fingerprint density at radius 1 is 0.920 bits per heavy atom. The standard InChI is InChI=1S/C38H55N5O6S/c1-9-16-28(44)41-29(26-19-14-11-15-20-26)33(46)42-31(37(4,5)6)34(47)40-27(21-25-17-12-10-13-18-25)30(45)36(49)43-23-50-38(7,8)32(43)35(48)39-22-24(2)3/h10-15,17-20,24,27,29-32,45H,9,16,21-23H2,1-8H3,(H,39,48)(H,40,47)(H,41,44)(H,42,46)/t27-,29-,30-,31+,32+/m0/s1. The Labute approximate surface area is 301 Å². The molecule has 0 bridgehead atoms. The molecular formula is C38H55N5O6S. The Bertz CT molecular complexity index is 1460. The molecule has 0 aliphatic carbocycles. The number of nitrogens with zero attached hydrogens (tertiary/aromatic N) is 1. The number of hydrogen-bond donors (Lipinski definition) is 5. The van der Waals surface area contributed by atoms with E-state index in [1.54, 1.807) is 51.1 Å². The number of carbonyl (C=O) groups excluding carboxylic acids is 5. The van der Waals surface area contributed by atoms with Gasteiger partial charge in [-0.3, -0.25) is 24.0 Å². The summed E-state index contributed by atoms with van der Waals surface area (Å²) in [5.74, 6) is -2.04. The van der Waals surface area contributed by atoms with Gasteiger partial charge in [0, 0.05) is 17.7 Å². The highest BCUT2D eigenvalue weighted by molar-refractivity contribution is 8.00. The zero-order valence-corrected chi connectivity index (χ0v) is 31.4. The average Bonchev–Trinajstić information content (AvgIpc) is 3.38. The van der Waals surface area contributed by atoms with Gasteiger partial charge in [-0.05, 0) is 49.1 Å². The van der Waals surface area contributed by atoms with Crippen LogP contribution in [-0.2, 0) is 30.4 Å². The second-order valence-corrected chi connectivity index (χ2v) is 16.5. The Hall–Kier alpha value is -3.90. The summed E-state index contributed by atoms with van der Waals surface area (Å²) in [5, 5.41) is 23.2. The SMILES string of the molecule is CCCC(=O)N[C@H](C(=O)N[C@H](C(=O)N[C@@H](Cc1ccccc1)[C@H](O)C(=O)N1CSC(C)(C)[C@H]1C(=O)NCC(C)C)C(C)(C)C)c1ccccc1. The molecular weight excluding hydrogens is 655 g/mol. The average molecular weight is 710 g/mol. The molecule has 3 rings (SSSR count). The van der Waals surface area contributed by atoms with Crippen molar-refractivity contribution in [1.29, 1.82) is 0 Å². The van der Waals surface area contributed by atoms with Crippen molar-refractivity contribution in [3.05, 3.63) is 71.8 Å². The number of nitrogens with one attached hydrogen (secondary N) is 4. The first kappa shape index (κ1) is 40.5. The molecule has 0 spiro atoms. The summed E-state index contributed by atoms with van der Waals surface area (Å²) in [6.07, 6.45) is -0.753. The van der Waals surface area contributed by atoms with E-state index in [0.717, 1.165) is 5.56 Å². The van der Waals surface area contributed by atoms with Crippen molar-refractivity contribution in [2.75, 3.05) is 12.4 Å². The van der Waals surface area contributed by atoms with Gasteiger partial charge in [-0.15, -0.1) is 11.8 Å². The van der Waals surface area contributed by atoms with E-state index in [1.165, 1.54) is 16.7 Å². The van der Waals surface area contributed by atoms with Gasteiger partial charge in [0.1, 0.15) is 18.1 Å².